The summed E-state index contributed by atoms with van der Waals surface area (Å²) in [6.07, 6.45) is 3.48. The lowest BCUT2D eigenvalue weighted by Gasteiger charge is -2.27. The number of likely N-dealkylation sites (N-methyl/N-ethyl adjacent to an activating group) is 1. The molecule has 3 amide bonds. The van der Waals surface area contributed by atoms with Gasteiger partial charge in [0, 0.05) is 56.6 Å². The Morgan fingerprint density at radius 2 is 2.08 bits per heavy atom. The maximum absolute atomic E-state index is 15.1. The van der Waals surface area contributed by atoms with Crippen molar-refractivity contribution in [3.63, 3.8) is 0 Å². The number of halogens is 2. The number of ether oxygens (including phenoxy) is 1. The summed E-state index contributed by atoms with van der Waals surface area (Å²) in [5, 5.41) is 13.6. The molecule has 2 aromatic heterocycles. The van der Waals surface area contributed by atoms with Crippen molar-refractivity contribution >= 4 is 40.0 Å². The van der Waals surface area contributed by atoms with Crippen LogP contribution in [0.2, 0.25) is 0 Å². The van der Waals surface area contributed by atoms with E-state index >= 15 is 8.78 Å². The van der Waals surface area contributed by atoms with Gasteiger partial charge in [-0.15, -0.1) is 16.4 Å². The van der Waals surface area contributed by atoms with Crippen molar-refractivity contribution < 1.29 is 23.1 Å². The Kier molecular flexibility index (Phi) is 7.90. The number of nitrogens with zero attached hydrogens (tertiary/aromatic N) is 7. The topological polar surface area (TPSA) is 121 Å². The van der Waals surface area contributed by atoms with Crippen LogP contribution in [0.1, 0.15) is 6.92 Å². The van der Waals surface area contributed by atoms with Gasteiger partial charge in [-0.1, -0.05) is 5.21 Å². The molecule has 192 valence electrons. The van der Waals surface area contributed by atoms with Gasteiger partial charge in [-0.3, -0.25) is 15.2 Å². The largest absolute Gasteiger partial charge is 0.442 e. The standard InChI is InChI=1S/C21H25F2N9O3S/c1-3-30(7-5-26-29(2)20(33)27-19-24-6-9-36-19)18-16(22)10-14(11-17(18)23)32-13-15(35-21(32)34)12-31-8-4-25-28-31/h4,6,8-11,15,26H,3,5,7,12-13H2,1-2H3,(H,24,27,33)/t15-/m0/s1. The van der Waals surface area contributed by atoms with E-state index in [2.05, 4.69) is 26.0 Å². The molecule has 0 bridgehead atoms. The highest BCUT2D eigenvalue weighted by Crippen LogP contribution is 2.31. The van der Waals surface area contributed by atoms with Gasteiger partial charge >= 0.3 is 12.1 Å². The first kappa shape index (κ1) is 25.2. The molecule has 15 heteroatoms. The predicted molar refractivity (Wildman–Crippen MR) is 129 cm³/mol. The summed E-state index contributed by atoms with van der Waals surface area (Å²) in [5.41, 5.74) is 2.73. The van der Waals surface area contributed by atoms with Crippen molar-refractivity contribution in [2.24, 2.45) is 0 Å². The van der Waals surface area contributed by atoms with Crippen LogP contribution >= 0.6 is 11.3 Å². The van der Waals surface area contributed by atoms with Crippen LogP contribution in [0.4, 0.5) is 34.9 Å². The van der Waals surface area contributed by atoms with Crippen molar-refractivity contribution in [3.8, 4) is 0 Å². The number of anilines is 3. The van der Waals surface area contributed by atoms with Crippen LogP contribution < -0.4 is 20.5 Å². The van der Waals surface area contributed by atoms with E-state index in [1.807, 2.05) is 0 Å². The fourth-order valence-corrected chi connectivity index (χ4v) is 4.21. The zero-order chi connectivity index (χ0) is 25.7. The van der Waals surface area contributed by atoms with Crippen LogP contribution in [-0.2, 0) is 11.3 Å². The van der Waals surface area contributed by atoms with Gasteiger partial charge < -0.3 is 9.64 Å². The predicted octanol–water partition coefficient (Wildman–Crippen LogP) is 2.53. The van der Waals surface area contributed by atoms with Crippen molar-refractivity contribution in [1.29, 1.82) is 0 Å². The zero-order valence-electron chi connectivity index (χ0n) is 19.6. The van der Waals surface area contributed by atoms with Crippen LogP contribution in [0, 0.1) is 11.6 Å². The summed E-state index contributed by atoms with van der Waals surface area (Å²) in [6.45, 7) is 2.92. The number of urea groups is 1. The van der Waals surface area contributed by atoms with Gasteiger partial charge in [-0.25, -0.2) is 33.5 Å². The van der Waals surface area contributed by atoms with Crippen molar-refractivity contribution in [3.05, 3.63) is 47.7 Å². The Labute approximate surface area is 209 Å². The number of rotatable bonds is 10. The summed E-state index contributed by atoms with van der Waals surface area (Å²) in [5.74, 6) is -1.62. The molecule has 0 spiro atoms. The molecule has 36 heavy (non-hydrogen) atoms. The number of benzene rings is 1. The van der Waals surface area contributed by atoms with E-state index < -0.39 is 29.9 Å². The molecular formula is C21H25F2N9O3S. The highest BCUT2D eigenvalue weighted by molar-refractivity contribution is 7.13. The highest BCUT2D eigenvalue weighted by Gasteiger charge is 2.34. The smallest absolute Gasteiger partial charge is 0.414 e. The summed E-state index contributed by atoms with van der Waals surface area (Å²) in [7, 11) is 1.53. The van der Waals surface area contributed by atoms with Gasteiger partial charge in [0.2, 0.25) is 0 Å². The molecular weight excluding hydrogens is 496 g/mol. The van der Waals surface area contributed by atoms with E-state index in [1.54, 1.807) is 24.7 Å². The maximum Gasteiger partial charge on any atom is 0.414 e. The maximum atomic E-state index is 15.1. The Hall–Kier alpha value is -3.85. The van der Waals surface area contributed by atoms with Gasteiger partial charge in [0.1, 0.15) is 11.8 Å². The quantitative estimate of drug-likeness (QED) is 0.391. The number of thiazole rings is 1. The fraction of sp³-hybridized carbons (Fsp3) is 0.381. The lowest BCUT2D eigenvalue weighted by atomic mass is 10.2. The fourth-order valence-electron chi connectivity index (χ4n) is 3.69. The van der Waals surface area contributed by atoms with Crippen molar-refractivity contribution in [2.45, 2.75) is 19.6 Å². The molecule has 12 nitrogen and oxygen atoms in total. The Bertz CT molecular complexity index is 1160. The minimum absolute atomic E-state index is 0.0626. The van der Waals surface area contributed by atoms with Crippen LogP contribution in [0.3, 0.4) is 0 Å². The Morgan fingerprint density at radius 1 is 1.31 bits per heavy atom. The molecule has 1 fully saturated rings. The molecule has 0 aliphatic carbocycles. The summed E-state index contributed by atoms with van der Waals surface area (Å²) < 4.78 is 37.0. The molecule has 1 aromatic carbocycles. The second kappa shape index (κ2) is 11.3. The van der Waals surface area contributed by atoms with E-state index in [4.69, 9.17) is 4.74 Å². The first-order valence-electron chi connectivity index (χ1n) is 11.1. The zero-order valence-corrected chi connectivity index (χ0v) is 20.4. The van der Waals surface area contributed by atoms with Gasteiger partial charge in [0.05, 0.1) is 25.0 Å². The molecule has 1 saturated heterocycles. The molecule has 0 unspecified atom stereocenters. The number of carbonyl (C=O) groups is 2. The normalized spacial score (nSPS) is 15.2. The lowest BCUT2D eigenvalue weighted by Crippen LogP contribution is -2.45. The number of nitrogens with one attached hydrogen (secondary N) is 2. The number of hydrogen-bond acceptors (Lipinski definition) is 9. The van der Waals surface area contributed by atoms with Crippen LogP contribution in [0.15, 0.2) is 36.1 Å². The number of hydrazine groups is 1. The highest BCUT2D eigenvalue weighted by atomic mass is 32.1. The average molecular weight is 522 g/mol. The molecule has 1 atom stereocenters. The van der Waals surface area contributed by atoms with E-state index in [9.17, 15) is 9.59 Å². The third kappa shape index (κ3) is 5.85. The first-order valence-corrected chi connectivity index (χ1v) is 12.0. The number of carbonyl (C=O) groups excluding carboxylic acids is 2. The van der Waals surface area contributed by atoms with Crippen molar-refractivity contribution in [1.82, 2.24) is 30.4 Å². The lowest BCUT2D eigenvalue weighted by molar-refractivity contribution is 0.129. The minimum atomic E-state index is -0.811. The second-order valence-corrected chi connectivity index (χ2v) is 8.71. The molecule has 0 radical (unpaired) electrons. The molecule has 3 aromatic rings. The summed E-state index contributed by atoms with van der Waals surface area (Å²) in [6, 6.07) is 1.80. The van der Waals surface area contributed by atoms with E-state index in [0.29, 0.717) is 11.7 Å². The van der Waals surface area contributed by atoms with Crippen LogP contribution in [0.25, 0.3) is 0 Å². The number of amides is 3. The molecule has 0 saturated carbocycles. The number of aromatic nitrogens is 4. The molecule has 2 N–H and O–H groups in total. The van der Waals surface area contributed by atoms with E-state index in [1.165, 1.54) is 44.1 Å². The van der Waals surface area contributed by atoms with Crippen LogP contribution in [0.5, 0.6) is 0 Å². The molecule has 1 aliphatic rings. The van der Waals surface area contributed by atoms with Crippen LogP contribution in [-0.4, -0.2) is 76.4 Å². The van der Waals surface area contributed by atoms with Crippen molar-refractivity contribution in [2.75, 3.05) is 48.3 Å². The minimum Gasteiger partial charge on any atom is -0.442 e. The number of hydrogen-bond donors (Lipinski definition) is 2. The van der Waals surface area contributed by atoms with E-state index in [0.717, 1.165) is 12.1 Å². The Morgan fingerprint density at radius 3 is 2.72 bits per heavy atom. The third-order valence-corrected chi connectivity index (χ3v) is 6.12. The Balaban J connectivity index is 1.36. The molecule has 4 rings (SSSR count). The average Bonchev–Trinajstić information content (AvgIpc) is 3.61. The molecule has 3 heterocycles. The van der Waals surface area contributed by atoms with Gasteiger partial charge in [-0.2, -0.15) is 0 Å². The summed E-state index contributed by atoms with van der Waals surface area (Å²) >= 11 is 1.28. The SMILES string of the molecule is CCN(CCNN(C)C(=O)Nc1nccs1)c1c(F)cc(N2C[C@H](Cn3ccnn3)OC2=O)cc1F. The summed E-state index contributed by atoms with van der Waals surface area (Å²) in [4.78, 5) is 31.2. The van der Waals surface area contributed by atoms with E-state index in [-0.39, 0.29) is 37.6 Å². The first-order chi connectivity index (χ1) is 17.4. The van der Waals surface area contributed by atoms with Gasteiger partial charge in [0.25, 0.3) is 0 Å². The monoisotopic (exact) mass is 521 g/mol. The number of cyclic esters (lactones) is 1. The molecule has 1 aliphatic heterocycles. The second-order valence-electron chi connectivity index (χ2n) is 7.81. The van der Waals surface area contributed by atoms with Gasteiger partial charge in [-0.05, 0) is 6.92 Å². The third-order valence-electron chi connectivity index (χ3n) is 5.43. The van der Waals surface area contributed by atoms with Gasteiger partial charge in [0.15, 0.2) is 16.8 Å².